The highest BCUT2D eigenvalue weighted by Crippen LogP contribution is 2.14. The van der Waals surface area contributed by atoms with E-state index in [0.29, 0.717) is 37.9 Å². The summed E-state index contributed by atoms with van der Waals surface area (Å²) in [6.07, 6.45) is 4.86. The van der Waals surface area contributed by atoms with Crippen LogP contribution in [0.4, 0.5) is 4.39 Å². The van der Waals surface area contributed by atoms with Crippen LogP contribution in [0.2, 0.25) is 0 Å². The SMILES string of the molecule is CCCCC(=O)NC1CCN(C(=O)CCc2ccccc2F)CC1. The van der Waals surface area contributed by atoms with E-state index in [0.717, 1.165) is 25.7 Å². The van der Waals surface area contributed by atoms with Crippen molar-refractivity contribution in [1.82, 2.24) is 10.2 Å². The zero-order valence-corrected chi connectivity index (χ0v) is 14.4. The Kier molecular flexibility index (Phi) is 7.22. The predicted molar refractivity (Wildman–Crippen MR) is 92.0 cm³/mol. The number of amides is 2. The van der Waals surface area contributed by atoms with Gasteiger partial charge >= 0.3 is 0 Å². The lowest BCUT2D eigenvalue weighted by atomic mass is 10.0. The lowest BCUT2D eigenvalue weighted by molar-refractivity contribution is -0.132. The maximum atomic E-state index is 13.6. The average Bonchev–Trinajstić information content (AvgIpc) is 2.59. The summed E-state index contributed by atoms with van der Waals surface area (Å²) in [6, 6.07) is 6.76. The molecule has 1 saturated heterocycles. The van der Waals surface area contributed by atoms with Crippen molar-refractivity contribution < 1.29 is 14.0 Å². The molecule has 5 heteroatoms. The Hall–Kier alpha value is -1.91. The summed E-state index contributed by atoms with van der Waals surface area (Å²) in [7, 11) is 0. The second kappa shape index (κ2) is 9.40. The molecule has 2 rings (SSSR count). The van der Waals surface area contributed by atoms with Crippen molar-refractivity contribution >= 4 is 11.8 Å². The molecule has 0 bridgehead atoms. The van der Waals surface area contributed by atoms with E-state index in [4.69, 9.17) is 0 Å². The summed E-state index contributed by atoms with van der Waals surface area (Å²) in [6.45, 7) is 3.39. The molecule has 0 unspecified atom stereocenters. The van der Waals surface area contributed by atoms with Crippen LogP contribution < -0.4 is 5.32 Å². The van der Waals surface area contributed by atoms with Crippen LogP contribution >= 0.6 is 0 Å². The first kappa shape index (κ1) is 18.4. The highest BCUT2D eigenvalue weighted by Gasteiger charge is 2.23. The lowest BCUT2D eigenvalue weighted by Gasteiger charge is -2.32. The van der Waals surface area contributed by atoms with Gasteiger partial charge in [-0.05, 0) is 37.3 Å². The number of unbranched alkanes of at least 4 members (excludes halogenated alkanes) is 1. The van der Waals surface area contributed by atoms with E-state index in [1.165, 1.54) is 6.07 Å². The molecule has 0 aromatic heterocycles. The van der Waals surface area contributed by atoms with Crippen molar-refractivity contribution in [2.75, 3.05) is 13.1 Å². The van der Waals surface area contributed by atoms with Crippen molar-refractivity contribution in [2.45, 2.75) is 57.9 Å². The van der Waals surface area contributed by atoms with Crippen LogP contribution in [-0.2, 0) is 16.0 Å². The van der Waals surface area contributed by atoms with Crippen molar-refractivity contribution in [1.29, 1.82) is 0 Å². The van der Waals surface area contributed by atoms with Crippen LogP contribution in [0, 0.1) is 5.82 Å². The quantitative estimate of drug-likeness (QED) is 0.833. The minimum Gasteiger partial charge on any atom is -0.353 e. The first-order chi connectivity index (χ1) is 11.6. The Balaban J connectivity index is 1.71. The van der Waals surface area contributed by atoms with Gasteiger partial charge in [0.2, 0.25) is 11.8 Å². The molecular formula is C19H27FN2O2. The molecule has 24 heavy (non-hydrogen) atoms. The first-order valence-electron chi connectivity index (χ1n) is 8.90. The molecule has 1 aromatic rings. The van der Waals surface area contributed by atoms with Gasteiger partial charge in [-0.25, -0.2) is 4.39 Å². The van der Waals surface area contributed by atoms with E-state index in [2.05, 4.69) is 12.2 Å². The standard InChI is InChI=1S/C19H27FN2O2/c1-2-3-8-18(23)21-16-11-13-22(14-12-16)19(24)10-9-15-6-4-5-7-17(15)20/h4-7,16H,2-3,8-14H2,1H3,(H,21,23). The Morgan fingerprint density at radius 3 is 2.58 bits per heavy atom. The number of rotatable bonds is 7. The molecule has 1 aromatic carbocycles. The van der Waals surface area contributed by atoms with E-state index < -0.39 is 0 Å². The summed E-state index contributed by atoms with van der Waals surface area (Å²) >= 11 is 0. The molecule has 1 aliphatic rings. The van der Waals surface area contributed by atoms with Gasteiger partial charge in [0.15, 0.2) is 0 Å². The van der Waals surface area contributed by atoms with E-state index in [-0.39, 0.29) is 23.7 Å². The van der Waals surface area contributed by atoms with E-state index in [1.54, 1.807) is 18.2 Å². The number of aryl methyl sites for hydroxylation is 1. The zero-order chi connectivity index (χ0) is 17.4. The summed E-state index contributed by atoms with van der Waals surface area (Å²) in [5.74, 6) is -0.0750. The molecule has 132 valence electrons. The maximum absolute atomic E-state index is 13.6. The number of likely N-dealkylation sites (tertiary alicyclic amines) is 1. The van der Waals surface area contributed by atoms with E-state index >= 15 is 0 Å². The van der Waals surface area contributed by atoms with Crippen LogP contribution in [-0.4, -0.2) is 35.8 Å². The number of piperidine rings is 1. The number of halogens is 1. The fraction of sp³-hybridized carbons (Fsp3) is 0.579. The number of hydrogen-bond acceptors (Lipinski definition) is 2. The second-order valence-corrected chi connectivity index (χ2v) is 6.42. The van der Waals surface area contributed by atoms with Gasteiger partial charge in [0, 0.05) is 32.0 Å². The van der Waals surface area contributed by atoms with Gasteiger partial charge in [-0.1, -0.05) is 31.5 Å². The number of benzene rings is 1. The largest absolute Gasteiger partial charge is 0.353 e. The summed E-state index contributed by atoms with van der Waals surface area (Å²) in [4.78, 5) is 25.8. The van der Waals surface area contributed by atoms with Gasteiger partial charge in [0.25, 0.3) is 0 Å². The van der Waals surface area contributed by atoms with Crippen molar-refractivity contribution in [3.63, 3.8) is 0 Å². The maximum Gasteiger partial charge on any atom is 0.222 e. The Morgan fingerprint density at radius 2 is 1.92 bits per heavy atom. The molecule has 0 saturated carbocycles. The first-order valence-corrected chi connectivity index (χ1v) is 8.90. The highest BCUT2D eigenvalue weighted by molar-refractivity contribution is 5.77. The molecule has 0 radical (unpaired) electrons. The smallest absolute Gasteiger partial charge is 0.222 e. The molecule has 4 nitrogen and oxygen atoms in total. The number of carbonyl (C=O) groups excluding carboxylic acids is 2. The van der Waals surface area contributed by atoms with Crippen LogP contribution in [0.5, 0.6) is 0 Å². The third-order valence-electron chi connectivity index (χ3n) is 4.54. The van der Waals surface area contributed by atoms with Crippen molar-refractivity contribution in [3.8, 4) is 0 Å². The van der Waals surface area contributed by atoms with E-state index in [1.807, 2.05) is 4.90 Å². The topological polar surface area (TPSA) is 49.4 Å². The number of hydrogen-bond donors (Lipinski definition) is 1. The average molecular weight is 334 g/mol. The highest BCUT2D eigenvalue weighted by atomic mass is 19.1. The van der Waals surface area contributed by atoms with Gasteiger partial charge < -0.3 is 10.2 Å². The molecule has 2 amide bonds. The number of nitrogens with one attached hydrogen (secondary N) is 1. The van der Waals surface area contributed by atoms with Gasteiger partial charge in [-0.15, -0.1) is 0 Å². The van der Waals surface area contributed by atoms with E-state index in [9.17, 15) is 14.0 Å². The number of carbonyl (C=O) groups is 2. The fourth-order valence-electron chi connectivity index (χ4n) is 3.01. The Morgan fingerprint density at radius 1 is 1.21 bits per heavy atom. The summed E-state index contributed by atoms with van der Waals surface area (Å²) in [5, 5.41) is 3.05. The molecule has 1 heterocycles. The van der Waals surface area contributed by atoms with Crippen LogP contribution in [0.15, 0.2) is 24.3 Å². The van der Waals surface area contributed by atoms with Crippen molar-refractivity contribution in [2.24, 2.45) is 0 Å². The molecule has 0 aliphatic carbocycles. The number of nitrogens with zero attached hydrogens (tertiary/aromatic N) is 1. The third kappa shape index (κ3) is 5.62. The second-order valence-electron chi connectivity index (χ2n) is 6.42. The van der Waals surface area contributed by atoms with Gasteiger partial charge in [-0.2, -0.15) is 0 Å². The van der Waals surface area contributed by atoms with Crippen LogP contribution in [0.25, 0.3) is 0 Å². The molecule has 1 fully saturated rings. The van der Waals surface area contributed by atoms with Crippen LogP contribution in [0.1, 0.15) is 51.0 Å². The molecule has 0 atom stereocenters. The minimum atomic E-state index is -0.251. The summed E-state index contributed by atoms with van der Waals surface area (Å²) < 4.78 is 13.6. The minimum absolute atomic E-state index is 0.0639. The zero-order valence-electron chi connectivity index (χ0n) is 14.4. The molecule has 1 N–H and O–H groups in total. The molecule has 1 aliphatic heterocycles. The summed E-state index contributed by atoms with van der Waals surface area (Å²) in [5.41, 5.74) is 0.587. The van der Waals surface area contributed by atoms with Gasteiger partial charge in [-0.3, -0.25) is 9.59 Å². The predicted octanol–water partition coefficient (Wildman–Crippen LogP) is 3.06. The fourth-order valence-corrected chi connectivity index (χ4v) is 3.01. The Labute approximate surface area is 143 Å². The molecule has 0 spiro atoms. The van der Waals surface area contributed by atoms with Crippen molar-refractivity contribution in [3.05, 3.63) is 35.6 Å². The normalized spacial score (nSPS) is 15.3. The third-order valence-corrected chi connectivity index (χ3v) is 4.54. The molecular weight excluding hydrogens is 307 g/mol. The van der Waals surface area contributed by atoms with Crippen LogP contribution in [0.3, 0.4) is 0 Å². The monoisotopic (exact) mass is 334 g/mol. The van der Waals surface area contributed by atoms with Gasteiger partial charge in [0.05, 0.1) is 0 Å². The van der Waals surface area contributed by atoms with Gasteiger partial charge in [0.1, 0.15) is 5.82 Å². The lowest BCUT2D eigenvalue weighted by Crippen LogP contribution is -2.46. The Bertz CT molecular complexity index is 554.